The lowest BCUT2D eigenvalue weighted by atomic mass is 10.2. The standard InChI is InChI=1S/C18H25NO4SSi.C17H20N2O4S.C12H11NO4S.C11H19NO2Si/c1-14-9-11-15(12-10-14)24(21,22)19-13-7-8-16(17(19)20)23-25(5,6)18(2,3)4;1-13-4-6-15(7-5-13)24(22,23)19-11-8-14(16(20)17(19)21)12-18-9-2-3-10-18;1-9-4-6-10(7-5-9)18(16,17)13-8-2-3-11(14)12(13)15;1-11(2,3)15(4,5)14-9-7-6-8-12-10(9)13/h7-13H,1-6H3;4-8,11,20H,2-3,9-10,12H2,1H3;2-8,14H,1H3;6-8H,1-5H3,(H,12,13). The maximum atomic E-state index is 12.8. The molecule has 1 fully saturated rings. The fourth-order valence-corrected chi connectivity index (χ4v) is 13.0. The highest BCUT2D eigenvalue weighted by molar-refractivity contribution is 7.90. The number of hydrogen-bond acceptors (Lipinski definition) is 15. The van der Waals surface area contributed by atoms with E-state index in [4.69, 9.17) is 8.85 Å². The molecule has 5 heterocycles. The largest absolute Gasteiger partial charge is 0.540 e. The number of aromatic amines is 1. The number of aryl methyl sites for hydroxylation is 3. The average molecular weight is 1220 g/mol. The summed E-state index contributed by atoms with van der Waals surface area (Å²) in [7, 11) is -16.1. The van der Waals surface area contributed by atoms with E-state index in [0.717, 1.165) is 58.9 Å². The summed E-state index contributed by atoms with van der Waals surface area (Å²) in [4.78, 5) is 53.0. The van der Waals surface area contributed by atoms with Gasteiger partial charge in [0.25, 0.3) is 52.3 Å². The second-order valence-electron chi connectivity index (χ2n) is 22.8. The first-order valence-electron chi connectivity index (χ1n) is 26.2. The van der Waals surface area contributed by atoms with Crippen molar-refractivity contribution in [2.45, 2.75) is 133 Å². The van der Waals surface area contributed by atoms with Crippen molar-refractivity contribution >= 4 is 46.7 Å². The van der Waals surface area contributed by atoms with E-state index in [2.05, 4.69) is 64.5 Å². The Hall–Kier alpha value is -7.10. The fraction of sp³-hybridized carbons (Fsp3) is 0.345. The zero-order chi connectivity index (χ0) is 61.4. The summed E-state index contributed by atoms with van der Waals surface area (Å²) in [6.45, 7) is 28.7. The van der Waals surface area contributed by atoms with Gasteiger partial charge in [-0.05, 0) is 162 Å². The van der Waals surface area contributed by atoms with Crippen LogP contribution in [0.25, 0.3) is 0 Å². The topological polar surface area (TPSA) is 263 Å². The van der Waals surface area contributed by atoms with Gasteiger partial charge < -0.3 is 24.0 Å². The number of aromatic nitrogens is 4. The molecular formula is C58H75N5O14S3Si2. The van der Waals surface area contributed by atoms with Gasteiger partial charge in [0.05, 0.1) is 14.7 Å². The Kier molecular flexibility index (Phi) is 20.8. The fourth-order valence-electron chi connectivity index (χ4n) is 7.24. The summed E-state index contributed by atoms with van der Waals surface area (Å²) in [5.41, 5.74) is 0.557. The van der Waals surface area contributed by atoms with Crippen LogP contribution < -0.4 is 31.1 Å². The summed E-state index contributed by atoms with van der Waals surface area (Å²) in [6.07, 6.45) is 7.40. The number of likely N-dealkylation sites (tertiary alicyclic amines) is 1. The maximum Gasteiger partial charge on any atom is 0.306 e. The van der Waals surface area contributed by atoms with E-state index in [0.29, 0.717) is 25.8 Å². The molecule has 1 aliphatic rings. The number of nitrogens with zero attached hydrogens (tertiary/aromatic N) is 4. The smallest absolute Gasteiger partial charge is 0.306 e. The van der Waals surface area contributed by atoms with Crippen molar-refractivity contribution in [3.8, 4) is 23.0 Å². The molecule has 19 nitrogen and oxygen atoms in total. The van der Waals surface area contributed by atoms with Gasteiger partial charge in [0, 0.05) is 36.9 Å². The maximum absolute atomic E-state index is 12.8. The molecule has 0 spiro atoms. The second kappa shape index (κ2) is 26.0. The second-order valence-corrected chi connectivity index (χ2v) is 37.7. The van der Waals surface area contributed by atoms with Gasteiger partial charge in [-0.15, -0.1) is 0 Å². The summed E-state index contributed by atoms with van der Waals surface area (Å²) in [6, 6.07) is 29.2. The molecule has 82 heavy (non-hydrogen) atoms. The van der Waals surface area contributed by atoms with Crippen LogP contribution in [0.15, 0.2) is 174 Å². The van der Waals surface area contributed by atoms with Crippen molar-refractivity contribution < 1.29 is 44.3 Å². The van der Waals surface area contributed by atoms with Gasteiger partial charge in [-0.2, -0.15) is 0 Å². The van der Waals surface area contributed by atoms with E-state index >= 15 is 0 Å². The van der Waals surface area contributed by atoms with Gasteiger partial charge >= 0.3 is 16.7 Å². The van der Waals surface area contributed by atoms with Crippen molar-refractivity contribution in [1.82, 2.24) is 21.8 Å². The van der Waals surface area contributed by atoms with Gasteiger partial charge in [0.2, 0.25) is 0 Å². The number of pyridine rings is 4. The zero-order valence-electron chi connectivity index (χ0n) is 48.6. The zero-order valence-corrected chi connectivity index (χ0v) is 53.1. The third-order valence-electron chi connectivity index (χ3n) is 14.3. The minimum absolute atomic E-state index is 0.000741. The molecule has 24 heteroatoms. The van der Waals surface area contributed by atoms with Crippen molar-refractivity contribution in [2.75, 3.05) is 13.1 Å². The molecule has 3 aromatic carbocycles. The van der Waals surface area contributed by atoms with E-state index in [1.807, 2.05) is 33.9 Å². The Morgan fingerprint density at radius 1 is 0.500 bits per heavy atom. The first-order chi connectivity index (χ1) is 37.9. The van der Waals surface area contributed by atoms with E-state index in [1.165, 1.54) is 73.1 Å². The van der Waals surface area contributed by atoms with E-state index in [-0.39, 0.29) is 36.1 Å². The normalized spacial score (nSPS) is 13.3. The average Bonchev–Trinajstić information content (AvgIpc) is 4.06. The first-order valence-corrected chi connectivity index (χ1v) is 36.4. The number of benzene rings is 3. The molecule has 4 aromatic heterocycles. The van der Waals surface area contributed by atoms with Gasteiger partial charge in [-0.1, -0.05) is 94.6 Å². The number of hydrogen-bond donors (Lipinski definition) is 3. The summed E-state index contributed by atoms with van der Waals surface area (Å²) in [5, 5.41) is 19.4. The first kappa shape index (κ1) is 65.7. The van der Waals surface area contributed by atoms with Crippen molar-refractivity contribution in [2.24, 2.45) is 0 Å². The summed E-state index contributed by atoms with van der Waals surface area (Å²) in [5.74, 6) is -0.595. The highest BCUT2D eigenvalue weighted by Gasteiger charge is 2.41. The van der Waals surface area contributed by atoms with Crippen LogP contribution in [0.4, 0.5) is 0 Å². The quantitative estimate of drug-likeness (QED) is 0.0962. The van der Waals surface area contributed by atoms with Gasteiger partial charge in [0.15, 0.2) is 23.0 Å². The molecule has 0 aliphatic carbocycles. The van der Waals surface area contributed by atoms with Crippen LogP contribution in [0.5, 0.6) is 23.0 Å². The van der Waals surface area contributed by atoms with Crippen LogP contribution in [-0.2, 0) is 36.6 Å². The molecule has 0 atom stereocenters. The van der Waals surface area contributed by atoms with Crippen LogP contribution >= 0.6 is 0 Å². The van der Waals surface area contributed by atoms with Crippen molar-refractivity contribution in [3.05, 3.63) is 204 Å². The lowest BCUT2D eigenvalue weighted by Gasteiger charge is -2.36. The van der Waals surface area contributed by atoms with Crippen LogP contribution in [0.3, 0.4) is 0 Å². The van der Waals surface area contributed by atoms with Crippen LogP contribution in [-0.4, -0.2) is 87.0 Å². The lowest BCUT2D eigenvalue weighted by molar-refractivity contribution is 0.323. The number of H-pyrrole nitrogens is 1. The molecule has 0 radical (unpaired) electrons. The van der Waals surface area contributed by atoms with Crippen LogP contribution in [0, 0.1) is 20.8 Å². The molecule has 0 bridgehead atoms. The molecule has 442 valence electrons. The lowest BCUT2D eigenvalue weighted by Crippen LogP contribution is -2.45. The molecule has 8 rings (SSSR count). The van der Waals surface area contributed by atoms with Crippen LogP contribution in [0.1, 0.15) is 76.6 Å². The van der Waals surface area contributed by atoms with Gasteiger partial charge in [-0.25, -0.2) is 37.2 Å². The Bertz CT molecular complexity index is 3950. The third kappa shape index (κ3) is 15.9. The number of rotatable bonds is 12. The molecule has 3 N–H and O–H groups in total. The minimum atomic E-state index is -4.02. The van der Waals surface area contributed by atoms with E-state index in [9.17, 15) is 54.6 Å². The highest BCUT2D eigenvalue weighted by Crippen LogP contribution is 2.38. The molecule has 7 aromatic rings. The Morgan fingerprint density at radius 3 is 1.29 bits per heavy atom. The number of aromatic hydroxyl groups is 2. The molecule has 0 amide bonds. The van der Waals surface area contributed by atoms with Gasteiger partial charge in [-0.3, -0.25) is 24.1 Å². The minimum Gasteiger partial charge on any atom is -0.540 e. The van der Waals surface area contributed by atoms with Gasteiger partial charge in [0.1, 0.15) is 0 Å². The third-order valence-corrected chi connectivity index (χ3v) is 28.0. The van der Waals surface area contributed by atoms with Crippen LogP contribution in [0.2, 0.25) is 36.3 Å². The predicted molar refractivity (Wildman–Crippen MR) is 324 cm³/mol. The van der Waals surface area contributed by atoms with Crippen molar-refractivity contribution in [3.63, 3.8) is 0 Å². The molecule has 0 saturated carbocycles. The molecule has 1 aliphatic heterocycles. The molecule has 0 unspecified atom stereocenters. The Labute approximate surface area is 482 Å². The Balaban J connectivity index is 0.000000204. The Morgan fingerprint density at radius 2 is 0.878 bits per heavy atom. The predicted octanol–water partition coefficient (Wildman–Crippen LogP) is 9.33. The van der Waals surface area contributed by atoms with E-state index < -0.39 is 74.9 Å². The van der Waals surface area contributed by atoms with E-state index in [1.54, 1.807) is 54.7 Å². The summed E-state index contributed by atoms with van der Waals surface area (Å²) < 4.78 is 89.0. The van der Waals surface area contributed by atoms with Crippen molar-refractivity contribution in [1.29, 1.82) is 0 Å². The number of nitrogens with one attached hydrogen (secondary N) is 1. The molecule has 1 saturated heterocycles. The SMILES string of the molecule is CC(C)(C)[Si](C)(C)Oc1ccc[nH]c1=O.Cc1ccc(S(=O)(=O)n2ccc(CN3CCCC3)c(O)c2=O)cc1.Cc1ccc(S(=O)(=O)n2cccc(O)c2=O)cc1.Cc1ccc(S(=O)(=O)n2cccc(O[Si](C)(C)C(C)(C)C)c2=O)cc1. The summed E-state index contributed by atoms with van der Waals surface area (Å²) >= 11 is 0. The monoisotopic (exact) mass is 1220 g/mol. The molecular weight excluding hydrogens is 1140 g/mol. The highest BCUT2D eigenvalue weighted by atomic mass is 32.2.